The summed E-state index contributed by atoms with van der Waals surface area (Å²) in [5, 5.41) is 0. The highest BCUT2D eigenvalue weighted by Gasteiger charge is 2.28. The molecular weight excluding hydrogens is 346 g/mol. The van der Waals surface area contributed by atoms with E-state index in [4.69, 9.17) is 14.2 Å². The van der Waals surface area contributed by atoms with Crippen LogP contribution in [-0.2, 0) is 4.74 Å². The Labute approximate surface area is 156 Å². The van der Waals surface area contributed by atoms with Gasteiger partial charge in [0, 0.05) is 19.2 Å². The number of amides is 1. The summed E-state index contributed by atoms with van der Waals surface area (Å²) in [5.74, 6) is 0.811. The molecule has 0 radical (unpaired) electrons. The van der Waals surface area contributed by atoms with Gasteiger partial charge in [0.2, 0.25) is 5.78 Å². The fraction of sp³-hybridized carbons (Fsp3) is 0.238. The lowest BCUT2D eigenvalue weighted by molar-refractivity contribution is 0.0416. The number of morpholine rings is 1. The number of allylic oxidation sites excluding steroid dienone is 1. The molecule has 4 rings (SSSR count). The van der Waals surface area contributed by atoms with Crippen LogP contribution in [0, 0.1) is 6.92 Å². The molecule has 0 bridgehead atoms. The molecule has 138 valence electrons. The minimum Gasteiger partial charge on any atom is -0.452 e. The fourth-order valence-electron chi connectivity index (χ4n) is 3.05. The van der Waals surface area contributed by atoms with E-state index in [-0.39, 0.29) is 11.5 Å². The Kier molecular flexibility index (Phi) is 4.64. The second kappa shape index (κ2) is 7.25. The van der Waals surface area contributed by atoms with E-state index in [2.05, 4.69) is 0 Å². The summed E-state index contributed by atoms with van der Waals surface area (Å²) >= 11 is 0. The van der Waals surface area contributed by atoms with E-state index < -0.39 is 6.09 Å². The van der Waals surface area contributed by atoms with Crippen LogP contribution >= 0.6 is 0 Å². The zero-order chi connectivity index (χ0) is 18.8. The number of hydrogen-bond acceptors (Lipinski definition) is 5. The zero-order valence-corrected chi connectivity index (χ0v) is 14.9. The molecule has 2 aliphatic rings. The predicted octanol–water partition coefficient (Wildman–Crippen LogP) is 3.44. The minimum atomic E-state index is -0.432. The number of aryl methyl sites for hydroxylation is 1. The van der Waals surface area contributed by atoms with Gasteiger partial charge < -0.3 is 19.1 Å². The first kappa shape index (κ1) is 17.3. The molecule has 0 N–H and O–H groups in total. The molecule has 0 saturated carbocycles. The zero-order valence-electron chi connectivity index (χ0n) is 14.9. The maximum Gasteiger partial charge on any atom is 0.415 e. The van der Waals surface area contributed by atoms with Gasteiger partial charge >= 0.3 is 6.09 Å². The number of hydrogen-bond donors (Lipinski definition) is 0. The summed E-state index contributed by atoms with van der Waals surface area (Å²) < 4.78 is 16.3. The van der Waals surface area contributed by atoms with Crippen molar-refractivity contribution in [3.8, 4) is 11.5 Å². The molecule has 2 aromatic rings. The van der Waals surface area contributed by atoms with Crippen LogP contribution in [0.3, 0.4) is 0 Å². The number of benzene rings is 2. The van der Waals surface area contributed by atoms with Crippen molar-refractivity contribution in [2.75, 3.05) is 26.3 Å². The molecule has 2 heterocycles. The number of fused-ring (bicyclic) bond motifs is 1. The van der Waals surface area contributed by atoms with Gasteiger partial charge in [-0.2, -0.15) is 0 Å². The van der Waals surface area contributed by atoms with Crippen LogP contribution in [0.15, 0.2) is 48.2 Å². The molecule has 2 aromatic carbocycles. The van der Waals surface area contributed by atoms with Gasteiger partial charge in [0.15, 0.2) is 5.76 Å². The van der Waals surface area contributed by atoms with Crippen molar-refractivity contribution in [2.24, 2.45) is 0 Å². The monoisotopic (exact) mass is 365 g/mol. The van der Waals surface area contributed by atoms with Crippen LogP contribution in [0.2, 0.25) is 0 Å². The Hall–Kier alpha value is -3.12. The maximum absolute atomic E-state index is 12.5. The Morgan fingerprint density at radius 2 is 1.96 bits per heavy atom. The number of carbonyl (C=O) groups is 2. The van der Waals surface area contributed by atoms with Gasteiger partial charge in [-0.15, -0.1) is 0 Å². The first-order valence-corrected chi connectivity index (χ1v) is 8.79. The second-order valence-corrected chi connectivity index (χ2v) is 6.48. The van der Waals surface area contributed by atoms with Crippen molar-refractivity contribution < 1.29 is 23.8 Å². The van der Waals surface area contributed by atoms with Gasteiger partial charge in [0.25, 0.3) is 0 Å². The van der Waals surface area contributed by atoms with E-state index in [1.54, 1.807) is 29.2 Å². The highest BCUT2D eigenvalue weighted by molar-refractivity contribution is 6.14. The summed E-state index contributed by atoms with van der Waals surface area (Å²) in [7, 11) is 0. The lowest BCUT2D eigenvalue weighted by Crippen LogP contribution is -2.42. The second-order valence-electron chi connectivity index (χ2n) is 6.48. The maximum atomic E-state index is 12.5. The van der Waals surface area contributed by atoms with Crippen LogP contribution in [0.4, 0.5) is 4.79 Å². The highest BCUT2D eigenvalue weighted by Crippen LogP contribution is 2.35. The van der Waals surface area contributed by atoms with E-state index in [1.165, 1.54) is 0 Å². The fourth-order valence-corrected chi connectivity index (χ4v) is 3.05. The molecule has 1 saturated heterocycles. The first-order chi connectivity index (χ1) is 13.1. The standard InChI is InChI=1S/C21H19NO5/c1-14-3-2-4-15(11-14)12-19-20(23)17-6-5-16(13-18(17)27-19)26-21(24)22-7-9-25-10-8-22/h2-6,11-13H,7-10H2,1H3. The average molecular weight is 365 g/mol. The molecule has 0 spiro atoms. The molecule has 6 nitrogen and oxygen atoms in total. The Morgan fingerprint density at radius 1 is 1.15 bits per heavy atom. The lowest BCUT2D eigenvalue weighted by Gasteiger charge is -2.25. The molecule has 0 aliphatic carbocycles. The van der Waals surface area contributed by atoms with Crippen molar-refractivity contribution in [1.29, 1.82) is 0 Å². The van der Waals surface area contributed by atoms with Crippen LogP contribution in [0.25, 0.3) is 6.08 Å². The van der Waals surface area contributed by atoms with Crippen molar-refractivity contribution in [3.05, 3.63) is 64.9 Å². The average Bonchev–Trinajstić information content (AvgIpc) is 2.97. The van der Waals surface area contributed by atoms with Crippen LogP contribution in [0.5, 0.6) is 11.5 Å². The number of ether oxygens (including phenoxy) is 3. The third-order valence-corrected chi connectivity index (χ3v) is 4.46. The smallest absolute Gasteiger partial charge is 0.415 e. The predicted molar refractivity (Wildman–Crippen MR) is 99.0 cm³/mol. The molecule has 0 aromatic heterocycles. The molecular formula is C21H19NO5. The Morgan fingerprint density at radius 3 is 2.74 bits per heavy atom. The molecule has 0 atom stereocenters. The third kappa shape index (κ3) is 3.71. The number of ketones is 1. The number of rotatable bonds is 2. The van der Waals surface area contributed by atoms with E-state index in [0.29, 0.717) is 43.4 Å². The van der Waals surface area contributed by atoms with Crippen molar-refractivity contribution in [3.63, 3.8) is 0 Å². The lowest BCUT2D eigenvalue weighted by atomic mass is 10.1. The molecule has 1 fully saturated rings. The Bertz CT molecular complexity index is 928. The van der Waals surface area contributed by atoms with E-state index >= 15 is 0 Å². The SMILES string of the molecule is Cc1cccc(C=C2Oc3cc(OC(=O)N4CCOCC4)ccc3C2=O)c1. The van der Waals surface area contributed by atoms with Gasteiger partial charge in [-0.1, -0.05) is 29.8 Å². The summed E-state index contributed by atoms with van der Waals surface area (Å²) in [6.45, 7) is 4.00. The quantitative estimate of drug-likeness (QED) is 0.763. The van der Waals surface area contributed by atoms with Crippen molar-refractivity contribution in [1.82, 2.24) is 4.90 Å². The molecule has 27 heavy (non-hydrogen) atoms. The van der Waals surface area contributed by atoms with Gasteiger partial charge in [-0.05, 0) is 30.7 Å². The third-order valence-electron chi connectivity index (χ3n) is 4.46. The summed E-state index contributed by atoms with van der Waals surface area (Å²) in [6, 6.07) is 12.6. The van der Waals surface area contributed by atoms with Crippen molar-refractivity contribution in [2.45, 2.75) is 6.92 Å². The van der Waals surface area contributed by atoms with Gasteiger partial charge in [0.05, 0.1) is 18.8 Å². The number of Topliss-reactive ketones (excluding diaryl/α,β-unsaturated/α-hetero) is 1. The highest BCUT2D eigenvalue weighted by atomic mass is 16.6. The minimum absolute atomic E-state index is 0.183. The van der Waals surface area contributed by atoms with Gasteiger partial charge in [0.1, 0.15) is 11.5 Å². The van der Waals surface area contributed by atoms with E-state index in [9.17, 15) is 9.59 Å². The summed E-state index contributed by atoms with van der Waals surface area (Å²) in [4.78, 5) is 26.3. The largest absolute Gasteiger partial charge is 0.452 e. The van der Waals surface area contributed by atoms with Gasteiger partial charge in [-0.3, -0.25) is 4.79 Å². The van der Waals surface area contributed by atoms with Crippen molar-refractivity contribution >= 4 is 18.0 Å². The topological polar surface area (TPSA) is 65.1 Å². The van der Waals surface area contributed by atoms with Crippen LogP contribution in [-0.4, -0.2) is 43.1 Å². The number of nitrogens with zero attached hydrogens (tertiary/aromatic N) is 1. The Balaban J connectivity index is 1.51. The van der Waals surface area contributed by atoms with Gasteiger partial charge in [-0.25, -0.2) is 4.79 Å². The van der Waals surface area contributed by atoms with Crippen LogP contribution < -0.4 is 9.47 Å². The number of carbonyl (C=O) groups excluding carboxylic acids is 2. The first-order valence-electron chi connectivity index (χ1n) is 8.79. The summed E-state index contributed by atoms with van der Waals surface area (Å²) in [6.07, 6.45) is 1.28. The molecule has 2 aliphatic heterocycles. The molecule has 6 heteroatoms. The molecule has 1 amide bonds. The van der Waals surface area contributed by atoms with E-state index in [1.807, 2.05) is 31.2 Å². The summed E-state index contributed by atoms with van der Waals surface area (Å²) in [5.41, 5.74) is 2.45. The molecule has 0 unspecified atom stereocenters. The van der Waals surface area contributed by atoms with Crippen LogP contribution in [0.1, 0.15) is 21.5 Å². The van der Waals surface area contributed by atoms with E-state index in [0.717, 1.165) is 11.1 Å². The normalized spacial score (nSPS) is 17.6.